The number of terminal acetylenes is 1. The Balaban J connectivity index is -0.0000000909. The van der Waals surface area contributed by atoms with Gasteiger partial charge < -0.3 is 14.7 Å². The van der Waals surface area contributed by atoms with Crippen molar-refractivity contribution in [2.24, 2.45) is 0 Å². The van der Waals surface area contributed by atoms with Gasteiger partial charge in [-0.15, -0.1) is 32.1 Å². The highest BCUT2D eigenvalue weighted by molar-refractivity contribution is 5.15. The fourth-order valence-corrected chi connectivity index (χ4v) is 3.03. The van der Waals surface area contributed by atoms with Crippen molar-refractivity contribution in [3.8, 4) is 12.3 Å². The molecule has 1 aromatic carbocycles. The first-order chi connectivity index (χ1) is 26.0. The Morgan fingerprint density at radius 1 is 0.964 bits per heavy atom. The Morgan fingerprint density at radius 3 is 1.76 bits per heavy atom. The lowest BCUT2D eigenvalue weighted by Crippen LogP contribution is -2.19. The predicted octanol–water partition coefficient (Wildman–Crippen LogP) is 14.6. The van der Waals surface area contributed by atoms with Gasteiger partial charge in [0.05, 0.1) is 13.8 Å². The highest BCUT2D eigenvalue weighted by Gasteiger charge is 2.23. The molecule has 0 aliphatic heterocycles. The third-order valence-corrected chi connectivity index (χ3v) is 5.65. The number of aliphatic hydroxyl groups excluding tert-OH is 1. The van der Waals surface area contributed by atoms with E-state index in [1.165, 1.54) is 50.0 Å². The van der Waals surface area contributed by atoms with Crippen LogP contribution < -0.4 is 0 Å². The Bertz CT molecular complexity index is 998. The largest absolute Gasteiger partial charge is 0.387 e. The maximum Gasteiger partial charge on any atom is 0.266 e. The summed E-state index contributed by atoms with van der Waals surface area (Å²) in [6, 6.07) is 6.57. The fourth-order valence-electron chi connectivity index (χ4n) is 3.03. The number of alkyl halides is 6. The van der Waals surface area contributed by atoms with Crippen LogP contribution in [0.1, 0.15) is 120 Å². The van der Waals surface area contributed by atoms with E-state index in [4.69, 9.17) is 9.84 Å². The summed E-state index contributed by atoms with van der Waals surface area (Å²) in [6.07, 6.45) is 10.9. The van der Waals surface area contributed by atoms with E-state index in [1.807, 2.05) is 52.8 Å². The summed E-state index contributed by atoms with van der Waals surface area (Å²) in [7, 11) is 4.48. The van der Waals surface area contributed by atoms with E-state index in [1.54, 1.807) is 19.1 Å². The number of benzene rings is 1. The minimum atomic E-state index is -2.96. The second-order valence-corrected chi connectivity index (χ2v) is 10.8. The van der Waals surface area contributed by atoms with Crippen LogP contribution in [-0.4, -0.2) is 69.1 Å². The first kappa shape index (κ1) is 69.7. The van der Waals surface area contributed by atoms with Crippen LogP contribution in [0.25, 0.3) is 0 Å². The van der Waals surface area contributed by atoms with Gasteiger partial charge in [0.2, 0.25) is 0 Å². The first-order valence-corrected chi connectivity index (χ1v) is 18.8. The van der Waals surface area contributed by atoms with E-state index in [2.05, 4.69) is 65.9 Å². The minimum Gasteiger partial charge on any atom is -0.387 e. The molecule has 0 heterocycles. The molecule has 2 atom stereocenters. The SMILES string of the molecule is C#CC.C/C(=C\CC(F)C=CCOCCC(O)C(F)F)C(C)(F)F.C=C.C=CCC.CC.CC.CC/C=C(\C)CCC.CF.CN(C)Cc1ccc(F)cc1. The minimum absolute atomic E-state index is 0.00299. The molecule has 1 N–H and O–H groups in total. The Kier molecular flexibility index (Phi) is 73.0. The van der Waals surface area contributed by atoms with Crippen molar-refractivity contribution < 1.29 is 40.6 Å². The quantitative estimate of drug-likeness (QED) is 0.0782. The van der Waals surface area contributed by atoms with Gasteiger partial charge in [0.1, 0.15) is 18.1 Å². The summed E-state index contributed by atoms with van der Waals surface area (Å²) in [6.45, 7) is 30.5. The molecule has 0 bridgehead atoms. The molecule has 0 aliphatic carbocycles. The van der Waals surface area contributed by atoms with Crippen LogP contribution in [0.2, 0.25) is 0 Å². The molecule has 55 heavy (non-hydrogen) atoms. The predicted molar refractivity (Wildman–Crippen MR) is 229 cm³/mol. The number of halogens is 7. The Morgan fingerprint density at radius 2 is 1.42 bits per heavy atom. The highest BCUT2D eigenvalue weighted by atomic mass is 19.3. The van der Waals surface area contributed by atoms with E-state index >= 15 is 0 Å². The zero-order valence-corrected chi connectivity index (χ0v) is 36.9. The van der Waals surface area contributed by atoms with Crippen molar-refractivity contribution in [2.75, 3.05) is 34.5 Å². The number of hydrogen-bond donors (Lipinski definition) is 1. The van der Waals surface area contributed by atoms with Crippen LogP contribution >= 0.6 is 0 Å². The number of nitrogens with zero attached hydrogens (tertiary/aromatic N) is 1. The van der Waals surface area contributed by atoms with Gasteiger partial charge in [0.15, 0.2) is 0 Å². The summed E-state index contributed by atoms with van der Waals surface area (Å²) in [4.78, 5) is 2.05. The van der Waals surface area contributed by atoms with Crippen LogP contribution in [-0.2, 0) is 11.3 Å². The van der Waals surface area contributed by atoms with Gasteiger partial charge in [-0.05, 0) is 77.4 Å². The van der Waals surface area contributed by atoms with Crippen LogP contribution in [0.5, 0.6) is 0 Å². The van der Waals surface area contributed by atoms with Crippen molar-refractivity contribution in [3.05, 3.63) is 96.9 Å². The van der Waals surface area contributed by atoms with E-state index in [9.17, 15) is 30.7 Å². The van der Waals surface area contributed by atoms with Crippen LogP contribution in [0, 0.1) is 18.2 Å². The first-order valence-electron chi connectivity index (χ1n) is 18.8. The third kappa shape index (κ3) is 69.3. The van der Waals surface area contributed by atoms with Crippen LogP contribution in [0.15, 0.2) is 85.5 Å². The van der Waals surface area contributed by atoms with Gasteiger partial charge in [0, 0.05) is 32.9 Å². The van der Waals surface area contributed by atoms with Crippen molar-refractivity contribution in [3.63, 3.8) is 0 Å². The molecule has 1 aromatic rings. The number of aliphatic hydroxyl groups is 1. The summed E-state index contributed by atoms with van der Waals surface area (Å²) < 4.78 is 89.5. The number of hydrogen-bond acceptors (Lipinski definition) is 3. The molecular weight excluding hydrogens is 719 g/mol. The molecule has 0 amide bonds. The zero-order chi connectivity index (χ0) is 45.3. The molecule has 0 fully saturated rings. The van der Waals surface area contributed by atoms with E-state index < -0.39 is 24.6 Å². The van der Waals surface area contributed by atoms with E-state index in [0.29, 0.717) is 7.18 Å². The van der Waals surface area contributed by atoms with Crippen LogP contribution in [0.4, 0.5) is 30.7 Å². The van der Waals surface area contributed by atoms with E-state index in [0.717, 1.165) is 37.6 Å². The summed E-state index contributed by atoms with van der Waals surface area (Å²) in [5, 5.41) is 8.78. The number of rotatable bonds is 16. The van der Waals surface area contributed by atoms with Crippen molar-refractivity contribution in [1.29, 1.82) is 0 Å². The summed E-state index contributed by atoms with van der Waals surface area (Å²) in [5.41, 5.74) is 2.47. The zero-order valence-electron chi connectivity index (χ0n) is 36.9. The molecular formula is C45H80F7NO2. The molecule has 1 rings (SSSR count). The molecule has 0 saturated carbocycles. The molecule has 326 valence electrons. The van der Waals surface area contributed by atoms with Gasteiger partial charge >= 0.3 is 0 Å². The normalized spacial score (nSPS) is 11.3. The Hall–Kier alpha value is -3.13. The molecule has 0 radical (unpaired) electrons. The van der Waals surface area contributed by atoms with Crippen LogP contribution in [0.3, 0.4) is 0 Å². The monoisotopic (exact) mass is 800 g/mol. The Labute approximate surface area is 334 Å². The summed E-state index contributed by atoms with van der Waals surface area (Å²) in [5.74, 6) is -0.884. The topological polar surface area (TPSA) is 32.7 Å². The molecule has 0 saturated heterocycles. The lowest BCUT2D eigenvalue weighted by atomic mass is 10.1. The van der Waals surface area contributed by atoms with Crippen molar-refractivity contribution >= 4 is 0 Å². The number of allylic oxidation sites excluding steroid dienone is 6. The second-order valence-electron chi connectivity index (χ2n) is 10.8. The molecule has 3 nitrogen and oxygen atoms in total. The third-order valence-electron chi connectivity index (χ3n) is 5.65. The van der Waals surface area contributed by atoms with Gasteiger partial charge in [-0.2, -0.15) is 0 Å². The van der Waals surface area contributed by atoms with Crippen molar-refractivity contribution in [1.82, 2.24) is 4.90 Å². The van der Waals surface area contributed by atoms with Gasteiger partial charge in [-0.25, -0.2) is 26.3 Å². The van der Waals surface area contributed by atoms with E-state index in [-0.39, 0.29) is 37.4 Å². The standard InChI is InChI=1S/C14H21F5O2.C9H12FN.C8H16.C4H8.C3H4.2C2H6.C2H4.CH3F/c1-10(14(2,18)19)5-6-11(15)4-3-8-21-9-7-12(20)13(16)17;1-11(2)7-8-3-5-9(10)6-4-8;1-4-6-8(3)7-5-2;1-3-4-2;1-3-2;4*1-2/h3-5,11-13,20H,6-9H2,1-2H3;3-6H,7H2,1-2H3;6H,4-5,7H2,1-3H3;3H,1,4H2,2H3;1H,2H3;2*1-2H3;1-2H2;1H3/b4-3?,10-5+;;8-6+;;;;;;. The van der Waals surface area contributed by atoms with Gasteiger partial charge in [0.25, 0.3) is 12.3 Å². The highest BCUT2D eigenvalue weighted by Crippen LogP contribution is 2.23. The van der Waals surface area contributed by atoms with Gasteiger partial charge in [-0.3, -0.25) is 4.39 Å². The summed E-state index contributed by atoms with van der Waals surface area (Å²) >= 11 is 0. The molecule has 0 aromatic heterocycles. The number of ether oxygens (including phenoxy) is 1. The van der Waals surface area contributed by atoms with Crippen molar-refractivity contribution in [2.45, 2.75) is 146 Å². The maximum absolute atomic E-state index is 13.3. The average molecular weight is 800 g/mol. The fraction of sp³-hybridized carbons (Fsp3) is 0.600. The smallest absolute Gasteiger partial charge is 0.266 e. The molecule has 0 aliphatic rings. The van der Waals surface area contributed by atoms with Gasteiger partial charge in [-0.1, -0.05) is 103 Å². The molecule has 2 unspecified atom stereocenters. The molecule has 0 spiro atoms. The lowest BCUT2D eigenvalue weighted by Gasteiger charge is -2.10. The maximum atomic E-state index is 13.3. The average Bonchev–Trinajstić information content (AvgIpc) is 3.16. The second kappa shape index (κ2) is 57.6. The molecule has 10 heteroatoms. The lowest BCUT2D eigenvalue weighted by molar-refractivity contribution is -0.0223.